The third-order valence-electron chi connectivity index (χ3n) is 5.07. The van der Waals surface area contributed by atoms with Gasteiger partial charge in [0.25, 0.3) is 0 Å². The number of hydrogen-bond acceptors (Lipinski definition) is 5. The molecule has 2 aromatic rings. The summed E-state index contributed by atoms with van der Waals surface area (Å²) in [6, 6.07) is 8.78. The molecule has 0 spiro atoms. The summed E-state index contributed by atoms with van der Waals surface area (Å²) < 4.78 is 32.1. The van der Waals surface area contributed by atoms with Crippen LogP contribution in [0.4, 0.5) is 0 Å². The Kier molecular flexibility index (Phi) is 3.74. The molecule has 0 N–H and O–H groups in total. The predicted molar refractivity (Wildman–Crippen MR) is 89.1 cm³/mol. The summed E-state index contributed by atoms with van der Waals surface area (Å²) in [5.41, 5.74) is 3.20. The molecule has 1 fully saturated rings. The van der Waals surface area contributed by atoms with Crippen molar-refractivity contribution in [2.75, 3.05) is 19.6 Å². The Hall–Kier alpha value is -1.70. The molecule has 0 radical (unpaired) electrons. The zero-order valence-electron chi connectivity index (χ0n) is 13.9. The van der Waals surface area contributed by atoms with E-state index in [1.807, 2.05) is 0 Å². The van der Waals surface area contributed by atoms with Crippen molar-refractivity contribution in [3.63, 3.8) is 0 Å². The monoisotopic (exact) mass is 347 g/mol. The Morgan fingerprint density at radius 2 is 1.88 bits per heavy atom. The van der Waals surface area contributed by atoms with Crippen LogP contribution in [0.2, 0.25) is 0 Å². The number of fused-ring (bicyclic) bond motifs is 1. The maximum absolute atomic E-state index is 12.8. The van der Waals surface area contributed by atoms with Crippen LogP contribution in [0.5, 0.6) is 0 Å². The van der Waals surface area contributed by atoms with Crippen molar-refractivity contribution in [3.05, 3.63) is 46.8 Å². The lowest BCUT2D eigenvalue weighted by atomic mass is 9.97. The van der Waals surface area contributed by atoms with Crippen LogP contribution < -0.4 is 0 Å². The summed E-state index contributed by atoms with van der Waals surface area (Å²) >= 11 is 0. The van der Waals surface area contributed by atoms with Gasteiger partial charge in [0.15, 0.2) is 5.76 Å². The molecule has 0 amide bonds. The Morgan fingerprint density at radius 3 is 2.54 bits per heavy atom. The number of hydrogen-bond donors (Lipinski definition) is 0. The topological polar surface area (TPSA) is 66.7 Å². The third-order valence-corrected chi connectivity index (χ3v) is 7.15. The average Bonchev–Trinajstić information content (AvgIpc) is 2.85. The summed E-state index contributed by atoms with van der Waals surface area (Å²) in [5.74, 6) is 0.364. The predicted octanol–water partition coefficient (Wildman–Crippen LogP) is 1.72. The number of benzene rings is 1. The summed E-state index contributed by atoms with van der Waals surface area (Å²) in [4.78, 5) is 2.62. The quantitative estimate of drug-likeness (QED) is 0.846. The number of rotatable bonds is 3. The molecule has 0 atom stereocenters. The lowest BCUT2D eigenvalue weighted by Crippen LogP contribution is -2.61. The molecule has 2 aliphatic rings. The largest absolute Gasteiger partial charge is 0.360 e. The van der Waals surface area contributed by atoms with Crippen LogP contribution in [0, 0.1) is 13.8 Å². The maximum Gasteiger partial charge on any atom is 0.248 e. The van der Waals surface area contributed by atoms with Gasteiger partial charge in [-0.05, 0) is 31.4 Å². The van der Waals surface area contributed by atoms with E-state index in [1.165, 1.54) is 15.4 Å². The van der Waals surface area contributed by atoms with E-state index in [0.717, 1.165) is 19.5 Å². The van der Waals surface area contributed by atoms with Crippen LogP contribution in [0.1, 0.15) is 22.6 Å². The number of nitrogens with zero attached hydrogens (tertiary/aromatic N) is 3. The molecule has 1 aromatic heterocycles. The SMILES string of the molecule is Cc1noc(C)c1S(=O)(=O)N1CC(N2CCc3ccccc3C2)C1. The second-order valence-corrected chi connectivity index (χ2v) is 8.49. The van der Waals surface area contributed by atoms with Crippen molar-refractivity contribution in [1.82, 2.24) is 14.4 Å². The number of aromatic nitrogens is 1. The fraction of sp³-hybridized carbons (Fsp3) is 0.471. The average molecular weight is 347 g/mol. The van der Waals surface area contributed by atoms with Gasteiger partial charge in [-0.25, -0.2) is 8.42 Å². The molecule has 7 heteroatoms. The van der Waals surface area contributed by atoms with Crippen LogP contribution in [-0.4, -0.2) is 48.5 Å². The van der Waals surface area contributed by atoms with Gasteiger partial charge in [0.1, 0.15) is 10.6 Å². The summed E-state index contributed by atoms with van der Waals surface area (Å²) in [6.45, 7) is 6.28. The highest BCUT2D eigenvalue weighted by Gasteiger charge is 2.42. The van der Waals surface area contributed by atoms with Gasteiger partial charge >= 0.3 is 0 Å². The highest BCUT2D eigenvalue weighted by Crippen LogP contribution is 2.30. The van der Waals surface area contributed by atoms with Crippen molar-refractivity contribution in [3.8, 4) is 0 Å². The van der Waals surface area contributed by atoms with Crippen LogP contribution >= 0.6 is 0 Å². The van der Waals surface area contributed by atoms with Gasteiger partial charge in [-0.3, -0.25) is 4.90 Å². The van der Waals surface area contributed by atoms with E-state index in [1.54, 1.807) is 13.8 Å². The first-order valence-electron chi connectivity index (χ1n) is 8.20. The van der Waals surface area contributed by atoms with Gasteiger partial charge in [0.05, 0.1) is 0 Å². The standard InChI is InChI=1S/C17H21N3O3S/c1-12-17(13(2)23-18-12)24(21,22)20-10-16(11-20)19-8-7-14-5-3-4-6-15(14)9-19/h3-6,16H,7-11H2,1-2H3. The minimum Gasteiger partial charge on any atom is -0.360 e. The lowest BCUT2D eigenvalue weighted by Gasteiger charge is -2.45. The first kappa shape index (κ1) is 15.8. The molecule has 1 saturated heterocycles. The Bertz CT molecular complexity index is 849. The Balaban J connectivity index is 1.46. The smallest absolute Gasteiger partial charge is 0.248 e. The fourth-order valence-electron chi connectivity index (χ4n) is 3.65. The second kappa shape index (κ2) is 5.68. The van der Waals surface area contributed by atoms with E-state index < -0.39 is 10.0 Å². The molecule has 0 saturated carbocycles. The van der Waals surface area contributed by atoms with Gasteiger partial charge in [0.2, 0.25) is 10.0 Å². The summed E-state index contributed by atoms with van der Waals surface area (Å²) in [7, 11) is -3.50. The van der Waals surface area contributed by atoms with E-state index in [-0.39, 0.29) is 10.9 Å². The van der Waals surface area contributed by atoms with E-state index in [2.05, 4.69) is 34.3 Å². The summed E-state index contributed by atoms with van der Waals surface area (Å²) in [5, 5.41) is 3.77. The minimum absolute atomic E-state index is 0.227. The van der Waals surface area contributed by atoms with Crippen molar-refractivity contribution < 1.29 is 12.9 Å². The highest BCUT2D eigenvalue weighted by molar-refractivity contribution is 7.89. The van der Waals surface area contributed by atoms with Gasteiger partial charge < -0.3 is 4.52 Å². The Labute approximate surface area is 142 Å². The van der Waals surface area contributed by atoms with Gasteiger partial charge in [0, 0.05) is 32.2 Å². The first-order valence-corrected chi connectivity index (χ1v) is 9.64. The number of sulfonamides is 1. The molecule has 0 unspecified atom stereocenters. The molecule has 3 heterocycles. The van der Waals surface area contributed by atoms with Crippen LogP contribution in [0.3, 0.4) is 0 Å². The van der Waals surface area contributed by atoms with Crippen molar-refractivity contribution in [2.45, 2.75) is 37.8 Å². The molecule has 6 nitrogen and oxygen atoms in total. The van der Waals surface area contributed by atoms with E-state index >= 15 is 0 Å². The van der Waals surface area contributed by atoms with Crippen LogP contribution in [0.25, 0.3) is 0 Å². The zero-order valence-corrected chi connectivity index (χ0v) is 14.7. The van der Waals surface area contributed by atoms with E-state index in [9.17, 15) is 8.42 Å². The number of aryl methyl sites for hydroxylation is 2. The maximum atomic E-state index is 12.8. The zero-order chi connectivity index (χ0) is 16.9. The third kappa shape index (κ3) is 2.47. The lowest BCUT2D eigenvalue weighted by molar-refractivity contribution is 0.0768. The molecule has 4 rings (SSSR count). The first-order chi connectivity index (χ1) is 11.5. The molecule has 2 aliphatic heterocycles. The van der Waals surface area contributed by atoms with E-state index in [0.29, 0.717) is 24.5 Å². The highest BCUT2D eigenvalue weighted by atomic mass is 32.2. The molecular weight excluding hydrogens is 326 g/mol. The molecule has 0 bridgehead atoms. The van der Waals surface area contributed by atoms with Gasteiger partial charge in [-0.15, -0.1) is 0 Å². The Morgan fingerprint density at radius 1 is 1.17 bits per heavy atom. The van der Waals surface area contributed by atoms with Crippen LogP contribution in [0.15, 0.2) is 33.7 Å². The van der Waals surface area contributed by atoms with Crippen molar-refractivity contribution in [2.24, 2.45) is 0 Å². The minimum atomic E-state index is -3.50. The molecule has 128 valence electrons. The molecule has 24 heavy (non-hydrogen) atoms. The van der Waals surface area contributed by atoms with Crippen molar-refractivity contribution in [1.29, 1.82) is 0 Å². The van der Waals surface area contributed by atoms with Crippen LogP contribution in [-0.2, 0) is 23.0 Å². The van der Waals surface area contributed by atoms with Gasteiger partial charge in [-0.1, -0.05) is 29.4 Å². The van der Waals surface area contributed by atoms with E-state index in [4.69, 9.17) is 4.52 Å². The fourth-order valence-corrected chi connectivity index (χ4v) is 5.45. The molecule has 0 aliphatic carbocycles. The van der Waals surface area contributed by atoms with Crippen molar-refractivity contribution >= 4 is 10.0 Å². The molecule has 1 aromatic carbocycles. The second-order valence-electron chi connectivity index (χ2n) is 6.62. The molecular formula is C17H21N3O3S. The summed E-state index contributed by atoms with van der Waals surface area (Å²) in [6.07, 6.45) is 1.03. The van der Waals surface area contributed by atoms with Gasteiger partial charge in [-0.2, -0.15) is 4.31 Å². The normalized spacial score (nSPS) is 19.9.